The normalized spacial score (nSPS) is 20.7. The van der Waals surface area contributed by atoms with Gasteiger partial charge in [-0.1, -0.05) is 31.2 Å². The second-order valence-electron chi connectivity index (χ2n) is 8.20. The number of ether oxygens (including phenoxy) is 1. The molecule has 1 aromatic carbocycles. The molecule has 2 fully saturated rings. The zero-order valence-corrected chi connectivity index (χ0v) is 16.8. The first-order chi connectivity index (χ1) is 14.0. The highest BCUT2D eigenvalue weighted by Crippen LogP contribution is 2.31. The van der Waals surface area contributed by atoms with Crippen molar-refractivity contribution in [2.75, 3.05) is 37.7 Å². The fourth-order valence-electron chi connectivity index (χ4n) is 3.95. The number of hydrogen-bond donors (Lipinski definition) is 0. The molecule has 7 nitrogen and oxygen atoms in total. The molecule has 3 heterocycles. The number of carbonyl (C=O) groups excluding carboxylic acids is 1. The van der Waals surface area contributed by atoms with Gasteiger partial charge in [0, 0.05) is 31.1 Å². The van der Waals surface area contributed by atoms with Gasteiger partial charge in [0.05, 0.1) is 19.6 Å². The van der Waals surface area contributed by atoms with Gasteiger partial charge in [0.15, 0.2) is 11.5 Å². The number of amides is 1. The van der Waals surface area contributed by atoms with E-state index in [0.717, 1.165) is 24.6 Å². The van der Waals surface area contributed by atoms with Gasteiger partial charge in [0.2, 0.25) is 5.91 Å². The Hall–Kier alpha value is -2.98. The van der Waals surface area contributed by atoms with Crippen molar-refractivity contribution in [2.24, 2.45) is 0 Å². The summed E-state index contributed by atoms with van der Waals surface area (Å²) in [5.74, 6) is 0.890. The molecule has 0 aliphatic carbocycles. The summed E-state index contributed by atoms with van der Waals surface area (Å²) in [5, 5.41) is 16.9. The van der Waals surface area contributed by atoms with Crippen LogP contribution in [0.3, 0.4) is 0 Å². The molecule has 0 bridgehead atoms. The Morgan fingerprint density at radius 3 is 2.52 bits per heavy atom. The maximum Gasteiger partial charge on any atom is 0.227 e. The summed E-state index contributed by atoms with van der Waals surface area (Å²) in [6.07, 6.45) is 0.414. The van der Waals surface area contributed by atoms with Gasteiger partial charge in [-0.25, -0.2) is 0 Å². The summed E-state index contributed by atoms with van der Waals surface area (Å²) >= 11 is 0. The standard InChI is InChI=1S/C22H25N5O2/c1-16-13-26(9-10-27(16)20-8-7-19(12-23)24-25-20)21(28)11-17-3-5-18(6-4-17)22(2)14-29-15-22/h3-8,16H,9-11,13-15H2,1-2H3/t16-/m1/s1. The molecule has 0 saturated carbocycles. The Morgan fingerprint density at radius 1 is 1.21 bits per heavy atom. The number of carbonyl (C=O) groups is 1. The number of rotatable bonds is 4. The fraction of sp³-hybridized carbons (Fsp3) is 0.455. The highest BCUT2D eigenvalue weighted by Gasteiger charge is 2.35. The molecule has 0 radical (unpaired) electrons. The number of piperazine rings is 1. The van der Waals surface area contributed by atoms with Gasteiger partial charge in [-0.3, -0.25) is 4.79 Å². The quantitative estimate of drug-likeness (QED) is 0.792. The van der Waals surface area contributed by atoms with E-state index >= 15 is 0 Å². The first-order valence-electron chi connectivity index (χ1n) is 9.94. The maximum absolute atomic E-state index is 12.8. The van der Waals surface area contributed by atoms with Gasteiger partial charge in [-0.2, -0.15) is 5.26 Å². The fourth-order valence-corrected chi connectivity index (χ4v) is 3.95. The summed E-state index contributed by atoms with van der Waals surface area (Å²) in [5.41, 5.74) is 2.73. The molecule has 2 aliphatic rings. The molecule has 2 aromatic rings. The van der Waals surface area contributed by atoms with Crippen LogP contribution >= 0.6 is 0 Å². The van der Waals surface area contributed by atoms with Crippen molar-refractivity contribution in [1.82, 2.24) is 15.1 Å². The molecule has 0 spiro atoms. The maximum atomic E-state index is 12.8. The SMILES string of the molecule is C[C@@H]1CN(C(=O)Cc2ccc(C3(C)COC3)cc2)CCN1c1ccc(C#N)nn1. The van der Waals surface area contributed by atoms with Crippen molar-refractivity contribution in [3.63, 3.8) is 0 Å². The Morgan fingerprint density at radius 2 is 1.97 bits per heavy atom. The first-order valence-corrected chi connectivity index (χ1v) is 9.94. The Balaban J connectivity index is 1.35. The molecule has 7 heteroatoms. The summed E-state index contributed by atoms with van der Waals surface area (Å²) in [6.45, 7) is 7.80. The smallest absolute Gasteiger partial charge is 0.227 e. The van der Waals surface area contributed by atoms with Gasteiger partial charge in [0.1, 0.15) is 6.07 Å². The van der Waals surface area contributed by atoms with Crippen LogP contribution in [0.1, 0.15) is 30.7 Å². The van der Waals surface area contributed by atoms with Crippen LogP contribution in [0.5, 0.6) is 0 Å². The van der Waals surface area contributed by atoms with Gasteiger partial charge < -0.3 is 14.5 Å². The largest absolute Gasteiger partial charge is 0.379 e. The molecule has 1 amide bonds. The summed E-state index contributed by atoms with van der Waals surface area (Å²) < 4.78 is 5.34. The van der Waals surface area contributed by atoms with E-state index in [1.54, 1.807) is 6.07 Å². The van der Waals surface area contributed by atoms with E-state index in [-0.39, 0.29) is 17.4 Å². The third-order valence-corrected chi connectivity index (χ3v) is 5.89. The van der Waals surface area contributed by atoms with Crippen molar-refractivity contribution >= 4 is 11.7 Å². The van der Waals surface area contributed by atoms with Crippen LogP contribution in [0.4, 0.5) is 5.82 Å². The molecule has 2 aliphatic heterocycles. The van der Waals surface area contributed by atoms with Crippen molar-refractivity contribution in [3.8, 4) is 6.07 Å². The minimum absolute atomic E-state index is 0.114. The molecular formula is C22H25N5O2. The van der Waals surface area contributed by atoms with Crippen molar-refractivity contribution < 1.29 is 9.53 Å². The minimum Gasteiger partial charge on any atom is -0.379 e. The zero-order valence-electron chi connectivity index (χ0n) is 16.8. The van der Waals surface area contributed by atoms with Crippen LogP contribution in [-0.4, -0.2) is 59.9 Å². The van der Waals surface area contributed by atoms with E-state index < -0.39 is 0 Å². The number of hydrogen-bond acceptors (Lipinski definition) is 6. The van der Waals surface area contributed by atoms with Gasteiger partial charge >= 0.3 is 0 Å². The van der Waals surface area contributed by atoms with Gasteiger partial charge in [0.25, 0.3) is 0 Å². The Bertz CT molecular complexity index is 916. The summed E-state index contributed by atoms with van der Waals surface area (Å²) in [4.78, 5) is 16.9. The highest BCUT2D eigenvalue weighted by molar-refractivity contribution is 5.79. The van der Waals surface area contributed by atoms with E-state index in [4.69, 9.17) is 10.00 Å². The molecular weight excluding hydrogens is 366 g/mol. The van der Waals surface area contributed by atoms with E-state index in [1.807, 2.05) is 17.0 Å². The number of nitrogens with zero attached hydrogens (tertiary/aromatic N) is 5. The van der Waals surface area contributed by atoms with Crippen LogP contribution < -0.4 is 4.90 Å². The molecule has 1 aromatic heterocycles. The van der Waals surface area contributed by atoms with Crippen molar-refractivity contribution in [2.45, 2.75) is 31.7 Å². The topological polar surface area (TPSA) is 82.4 Å². The molecule has 2 saturated heterocycles. The number of nitriles is 1. The second kappa shape index (κ2) is 7.80. The van der Waals surface area contributed by atoms with E-state index in [9.17, 15) is 4.79 Å². The van der Waals surface area contributed by atoms with Gasteiger partial charge in [-0.15, -0.1) is 10.2 Å². The van der Waals surface area contributed by atoms with Crippen LogP contribution in [0.25, 0.3) is 0 Å². The Kier molecular flexibility index (Phi) is 5.20. The van der Waals surface area contributed by atoms with Crippen LogP contribution in [-0.2, 0) is 21.4 Å². The number of anilines is 1. The van der Waals surface area contributed by atoms with E-state index in [0.29, 0.717) is 31.7 Å². The molecule has 1 atom stereocenters. The molecule has 4 rings (SSSR count). The predicted molar refractivity (Wildman–Crippen MR) is 108 cm³/mol. The third kappa shape index (κ3) is 3.94. The number of benzene rings is 1. The molecule has 0 N–H and O–H groups in total. The number of aromatic nitrogens is 2. The van der Waals surface area contributed by atoms with Crippen molar-refractivity contribution in [1.29, 1.82) is 5.26 Å². The summed E-state index contributed by atoms with van der Waals surface area (Å²) in [6, 6.07) is 14.0. The summed E-state index contributed by atoms with van der Waals surface area (Å²) in [7, 11) is 0. The second-order valence-corrected chi connectivity index (χ2v) is 8.20. The average molecular weight is 391 g/mol. The average Bonchev–Trinajstić information content (AvgIpc) is 2.72. The van der Waals surface area contributed by atoms with Crippen LogP contribution in [0.15, 0.2) is 36.4 Å². The van der Waals surface area contributed by atoms with Gasteiger partial charge in [-0.05, 0) is 30.2 Å². The first kappa shape index (κ1) is 19.3. The van der Waals surface area contributed by atoms with E-state index in [1.165, 1.54) is 5.56 Å². The molecule has 29 heavy (non-hydrogen) atoms. The highest BCUT2D eigenvalue weighted by atomic mass is 16.5. The van der Waals surface area contributed by atoms with Crippen molar-refractivity contribution in [3.05, 3.63) is 53.2 Å². The lowest BCUT2D eigenvalue weighted by molar-refractivity contribution is -0.131. The van der Waals surface area contributed by atoms with Crippen LogP contribution in [0.2, 0.25) is 0 Å². The molecule has 0 unspecified atom stereocenters. The monoisotopic (exact) mass is 391 g/mol. The predicted octanol–water partition coefficient (Wildman–Crippen LogP) is 1.92. The van der Waals surface area contributed by atoms with Crippen LogP contribution in [0, 0.1) is 11.3 Å². The lowest BCUT2D eigenvalue weighted by Crippen LogP contribution is -2.54. The minimum atomic E-state index is 0.114. The third-order valence-electron chi connectivity index (χ3n) is 5.89. The zero-order chi connectivity index (χ0) is 20.4. The Labute approximate surface area is 170 Å². The lowest BCUT2D eigenvalue weighted by atomic mass is 9.80. The molecule has 150 valence electrons. The lowest BCUT2D eigenvalue weighted by Gasteiger charge is -2.40. The van der Waals surface area contributed by atoms with E-state index in [2.05, 4.69) is 53.2 Å².